The zero-order valence-corrected chi connectivity index (χ0v) is 21.1. The number of nitrogens with one attached hydrogen (secondary N) is 1. The van der Waals surface area contributed by atoms with Gasteiger partial charge in [-0.1, -0.05) is 45.1 Å². The SMILES string of the molecule is C=c1c(O)c(O)cc2c1=CC=C1C2(C)CCC2C3CC4(C(=O)NCC)CC4CC3(C)CCC12C. The molecular formula is C30H39NO3. The summed E-state index contributed by atoms with van der Waals surface area (Å²) in [7, 11) is 0. The molecule has 4 heteroatoms. The number of amides is 1. The van der Waals surface area contributed by atoms with Crippen LogP contribution in [0.15, 0.2) is 17.7 Å². The second-order valence-electron chi connectivity index (χ2n) is 12.9. The number of phenolic OH excluding ortho intramolecular Hbond substituents is 2. The Labute approximate surface area is 202 Å². The van der Waals surface area contributed by atoms with Gasteiger partial charge < -0.3 is 15.5 Å². The second-order valence-corrected chi connectivity index (χ2v) is 12.9. The van der Waals surface area contributed by atoms with Crippen molar-refractivity contribution in [3.8, 4) is 11.5 Å². The van der Waals surface area contributed by atoms with E-state index < -0.39 is 0 Å². The number of hydrogen-bond acceptors (Lipinski definition) is 3. The Morgan fingerprint density at radius 3 is 2.59 bits per heavy atom. The summed E-state index contributed by atoms with van der Waals surface area (Å²) in [6, 6.07) is 1.78. The van der Waals surface area contributed by atoms with Gasteiger partial charge in [-0.2, -0.15) is 0 Å². The highest BCUT2D eigenvalue weighted by atomic mass is 16.3. The third-order valence-corrected chi connectivity index (χ3v) is 11.3. The first-order valence-electron chi connectivity index (χ1n) is 13.3. The zero-order chi connectivity index (χ0) is 24.3. The van der Waals surface area contributed by atoms with Crippen molar-refractivity contribution >= 4 is 18.6 Å². The van der Waals surface area contributed by atoms with Gasteiger partial charge in [0.1, 0.15) is 0 Å². The molecule has 6 rings (SSSR count). The quantitative estimate of drug-likeness (QED) is 0.577. The van der Waals surface area contributed by atoms with Crippen LogP contribution < -0.4 is 15.8 Å². The normalized spacial score (nSPS) is 43.6. The summed E-state index contributed by atoms with van der Waals surface area (Å²) >= 11 is 0. The minimum absolute atomic E-state index is 0.0703. The molecule has 0 aliphatic heterocycles. The van der Waals surface area contributed by atoms with Gasteiger partial charge >= 0.3 is 0 Å². The van der Waals surface area contributed by atoms with Gasteiger partial charge in [0.15, 0.2) is 11.5 Å². The molecular weight excluding hydrogens is 422 g/mol. The lowest BCUT2D eigenvalue weighted by atomic mass is 9.41. The molecule has 0 spiro atoms. The Hall–Kier alpha value is -2.23. The van der Waals surface area contributed by atoms with Crippen molar-refractivity contribution in [1.29, 1.82) is 0 Å². The number of hydrogen-bond donors (Lipinski definition) is 3. The molecule has 0 bridgehead atoms. The number of fused-ring (bicyclic) bond motifs is 8. The molecule has 5 aliphatic rings. The van der Waals surface area contributed by atoms with Crippen LogP contribution in [0.3, 0.4) is 0 Å². The van der Waals surface area contributed by atoms with E-state index in [4.69, 9.17) is 0 Å². The summed E-state index contributed by atoms with van der Waals surface area (Å²) in [5.74, 6) is 1.82. The zero-order valence-electron chi connectivity index (χ0n) is 21.1. The van der Waals surface area contributed by atoms with Gasteiger partial charge in [-0.05, 0) is 97.3 Å². The first-order valence-corrected chi connectivity index (χ1v) is 13.3. The van der Waals surface area contributed by atoms with E-state index in [1.165, 1.54) is 24.8 Å². The van der Waals surface area contributed by atoms with Crippen LogP contribution >= 0.6 is 0 Å². The molecule has 0 saturated heterocycles. The fourth-order valence-electron chi connectivity index (χ4n) is 9.31. The lowest BCUT2D eigenvalue weighted by Gasteiger charge is -2.63. The summed E-state index contributed by atoms with van der Waals surface area (Å²) < 4.78 is 0. The smallest absolute Gasteiger partial charge is 0.226 e. The predicted octanol–water partition coefficient (Wildman–Crippen LogP) is 4.26. The van der Waals surface area contributed by atoms with Crippen LogP contribution in [0.2, 0.25) is 0 Å². The fourth-order valence-corrected chi connectivity index (χ4v) is 9.31. The van der Waals surface area contributed by atoms with Crippen LogP contribution in [0.1, 0.15) is 78.2 Å². The molecule has 3 N–H and O–H groups in total. The molecule has 7 unspecified atom stereocenters. The maximum absolute atomic E-state index is 13.1. The summed E-state index contributed by atoms with van der Waals surface area (Å²) in [6.45, 7) is 14.1. The minimum atomic E-state index is -0.172. The van der Waals surface area contributed by atoms with E-state index in [0.717, 1.165) is 36.5 Å². The molecule has 0 aromatic heterocycles. The molecule has 4 nitrogen and oxygen atoms in total. The monoisotopic (exact) mass is 461 g/mol. The molecule has 4 fully saturated rings. The Morgan fingerprint density at radius 2 is 1.85 bits per heavy atom. The molecule has 5 aliphatic carbocycles. The van der Waals surface area contributed by atoms with E-state index in [1.807, 2.05) is 6.92 Å². The highest BCUT2D eigenvalue weighted by molar-refractivity contribution is 5.86. The lowest BCUT2D eigenvalue weighted by Crippen LogP contribution is -2.57. The molecule has 1 amide bonds. The van der Waals surface area contributed by atoms with Crippen molar-refractivity contribution in [1.82, 2.24) is 5.32 Å². The minimum Gasteiger partial charge on any atom is -0.504 e. The van der Waals surface area contributed by atoms with Crippen LogP contribution in [0.25, 0.3) is 12.7 Å². The summed E-state index contributed by atoms with van der Waals surface area (Å²) in [5, 5.41) is 25.4. The molecule has 0 heterocycles. The molecule has 1 aromatic rings. The Morgan fingerprint density at radius 1 is 1.09 bits per heavy atom. The highest BCUT2D eigenvalue weighted by Crippen LogP contribution is 2.75. The largest absolute Gasteiger partial charge is 0.504 e. The van der Waals surface area contributed by atoms with Gasteiger partial charge in [0.2, 0.25) is 5.91 Å². The van der Waals surface area contributed by atoms with E-state index in [9.17, 15) is 15.0 Å². The Balaban J connectivity index is 1.42. The number of benzene rings is 1. The fraction of sp³-hybridized carbons (Fsp3) is 0.633. The van der Waals surface area contributed by atoms with E-state index in [-0.39, 0.29) is 27.7 Å². The number of rotatable bonds is 2. The molecule has 34 heavy (non-hydrogen) atoms. The average molecular weight is 462 g/mol. The van der Waals surface area contributed by atoms with Gasteiger partial charge in [0.05, 0.1) is 5.41 Å². The molecule has 4 saturated carbocycles. The van der Waals surface area contributed by atoms with E-state index in [1.54, 1.807) is 6.07 Å². The van der Waals surface area contributed by atoms with E-state index >= 15 is 0 Å². The predicted molar refractivity (Wildman–Crippen MR) is 135 cm³/mol. The van der Waals surface area contributed by atoms with Gasteiger partial charge in [0.25, 0.3) is 0 Å². The van der Waals surface area contributed by atoms with Crippen molar-refractivity contribution in [3.63, 3.8) is 0 Å². The van der Waals surface area contributed by atoms with Crippen LogP contribution in [0.4, 0.5) is 0 Å². The van der Waals surface area contributed by atoms with Crippen molar-refractivity contribution in [2.24, 2.45) is 34.0 Å². The molecule has 0 radical (unpaired) electrons. The van der Waals surface area contributed by atoms with Gasteiger partial charge in [-0.15, -0.1) is 0 Å². The van der Waals surface area contributed by atoms with Crippen LogP contribution in [-0.4, -0.2) is 22.7 Å². The average Bonchev–Trinajstić information content (AvgIpc) is 3.50. The maximum Gasteiger partial charge on any atom is 0.226 e. The summed E-state index contributed by atoms with van der Waals surface area (Å²) in [4.78, 5) is 13.1. The molecule has 182 valence electrons. The van der Waals surface area contributed by atoms with Crippen LogP contribution in [0.5, 0.6) is 11.5 Å². The van der Waals surface area contributed by atoms with Crippen LogP contribution in [-0.2, 0) is 10.2 Å². The van der Waals surface area contributed by atoms with Gasteiger partial charge in [-0.25, -0.2) is 0 Å². The number of carbonyl (C=O) groups excluding carboxylic acids is 1. The second kappa shape index (κ2) is 6.71. The number of aromatic hydroxyl groups is 2. The van der Waals surface area contributed by atoms with E-state index in [2.05, 4.69) is 44.8 Å². The number of carbonyl (C=O) groups is 1. The van der Waals surface area contributed by atoms with Crippen molar-refractivity contribution < 1.29 is 15.0 Å². The Kier molecular flexibility index (Phi) is 4.39. The van der Waals surface area contributed by atoms with Gasteiger partial charge in [0, 0.05) is 17.2 Å². The Bertz CT molecular complexity index is 1250. The van der Waals surface area contributed by atoms with Crippen molar-refractivity contribution in [2.45, 2.75) is 78.1 Å². The third-order valence-electron chi connectivity index (χ3n) is 11.3. The number of allylic oxidation sites excluding steroid dienone is 2. The molecule has 1 aromatic carbocycles. The first-order chi connectivity index (χ1) is 16.0. The van der Waals surface area contributed by atoms with Crippen molar-refractivity contribution in [2.75, 3.05) is 6.54 Å². The van der Waals surface area contributed by atoms with E-state index in [0.29, 0.717) is 40.8 Å². The first kappa shape index (κ1) is 22.2. The summed E-state index contributed by atoms with van der Waals surface area (Å²) in [6.07, 6.45) is 12.3. The third kappa shape index (κ3) is 2.58. The topological polar surface area (TPSA) is 69.6 Å². The molecule has 7 atom stereocenters. The van der Waals surface area contributed by atoms with Gasteiger partial charge in [-0.3, -0.25) is 4.79 Å². The summed E-state index contributed by atoms with van der Waals surface area (Å²) in [5.41, 5.74) is 2.68. The lowest BCUT2D eigenvalue weighted by molar-refractivity contribution is -0.135. The number of phenols is 2. The van der Waals surface area contributed by atoms with Crippen LogP contribution in [0, 0.1) is 34.0 Å². The standard InChI is InChI=1S/C30H39NO3/c1-6-31-26(34)30-15-18(30)14-27(3)11-12-29(5)20(22(27)16-30)9-10-28(4)21-13-23(32)25(33)17(2)19(21)7-8-24(28)29/h7-8,13,18,20,22,32-33H,2,6,9-12,14-16H2,1,3-5H3,(H,31,34). The van der Waals surface area contributed by atoms with Crippen molar-refractivity contribution in [3.05, 3.63) is 33.7 Å². The highest BCUT2D eigenvalue weighted by Gasteiger charge is 2.70. The maximum atomic E-state index is 13.1.